The maximum atomic E-state index is 7.51. The predicted octanol–water partition coefficient (Wildman–Crippen LogP) is 12.1. The van der Waals surface area contributed by atoms with Crippen molar-refractivity contribution in [2.75, 3.05) is 0 Å². The Kier molecular flexibility index (Phi) is 10.9. The molecule has 0 spiro atoms. The number of fused-ring (bicyclic) bond motifs is 7. The van der Waals surface area contributed by atoms with Crippen molar-refractivity contribution < 1.29 is 4.74 Å². The maximum absolute atomic E-state index is 7.51. The van der Waals surface area contributed by atoms with E-state index in [0.717, 1.165) is 83.6 Å². The zero-order chi connectivity index (χ0) is 33.7. The van der Waals surface area contributed by atoms with Gasteiger partial charge in [0.15, 0.2) is 0 Å². The molecule has 9 atom stereocenters. The van der Waals surface area contributed by atoms with Gasteiger partial charge in [0.2, 0.25) is 0 Å². The molecule has 8 aliphatic carbocycles. The van der Waals surface area contributed by atoms with Crippen LogP contribution in [0.5, 0.6) is 0 Å². The van der Waals surface area contributed by atoms with Crippen molar-refractivity contribution in [2.24, 2.45) is 47.3 Å². The van der Waals surface area contributed by atoms with Gasteiger partial charge in [-0.15, -0.1) is 0 Å². The van der Waals surface area contributed by atoms with Crippen LogP contribution in [0.4, 0.5) is 0 Å². The van der Waals surface area contributed by atoms with Crippen molar-refractivity contribution in [1.82, 2.24) is 9.80 Å². The van der Waals surface area contributed by atoms with Crippen LogP contribution in [0.15, 0.2) is 0 Å². The van der Waals surface area contributed by atoms with E-state index in [1.54, 1.807) is 51.4 Å². The molecular formula is C48H80N2O. The number of ether oxygens (including phenoxy) is 1. The van der Waals surface area contributed by atoms with Crippen molar-refractivity contribution in [3.63, 3.8) is 0 Å². The third-order valence-corrected chi connectivity index (χ3v) is 19.1. The fourth-order valence-corrected chi connectivity index (χ4v) is 17.0. The van der Waals surface area contributed by atoms with Crippen LogP contribution in [0.1, 0.15) is 205 Å². The summed E-state index contributed by atoms with van der Waals surface area (Å²) < 4.78 is 7.51. The summed E-state index contributed by atoms with van der Waals surface area (Å²) in [6, 6.07) is 5.18. The van der Waals surface area contributed by atoms with Gasteiger partial charge in [0, 0.05) is 36.3 Å². The van der Waals surface area contributed by atoms with Gasteiger partial charge in [-0.2, -0.15) is 0 Å². The molecule has 2 heterocycles. The molecule has 0 bridgehead atoms. The lowest BCUT2D eigenvalue weighted by Gasteiger charge is -2.52. The summed E-state index contributed by atoms with van der Waals surface area (Å²) in [5.41, 5.74) is 0. The molecule has 0 N–H and O–H groups in total. The molecule has 2 aliphatic heterocycles. The fourth-order valence-electron chi connectivity index (χ4n) is 17.0. The number of likely N-dealkylation sites (tertiary alicyclic amines) is 1. The minimum atomic E-state index is 0.572. The van der Waals surface area contributed by atoms with E-state index in [9.17, 15) is 0 Å². The molecule has 51 heavy (non-hydrogen) atoms. The van der Waals surface area contributed by atoms with Crippen molar-refractivity contribution in [3.8, 4) is 0 Å². The zero-order valence-corrected chi connectivity index (χ0v) is 33.2. The van der Waals surface area contributed by atoms with Gasteiger partial charge in [-0.1, -0.05) is 96.3 Å². The van der Waals surface area contributed by atoms with Crippen LogP contribution in [0.25, 0.3) is 0 Å². The lowest BCUT2D eigenvalue weighted by Crippen LogP contribution is -2.58. The molecule has 288 valence electrons. The van der Waals surface area contributed by atoms with E-state index in [1.807, 2.05) is 0 Å². The smallest absolute Gasteiger partial charge is 0.0769 e. The Morgan fingerprint density at radius 2 is 0.922 bits per heavy atom. The molecule has 2 saturated heterocycles. The normalized spacial score (nSPS) is 47.8. The summed E-state index contributed by atoms with van der Waals surface area (Å²) in [6.45, 7) is 0. The monoisotopic (exact) mass is 701 g/mol. The van der Waals surface area contributed by atoms with Crippen LogP contribution in [0, 0.1) is 47.3 Å². The first-order valence-corrected chi connectivity index (χ1v) is 24.5. The second-order valence-corrected chi connectivity index (χ2v) is 21.2. The van der Waals surface area contributed by atoms with Gasteiger partial charge in [-0.05, 0) is 156 Å². The number of hydrogen-bond donors (Lipinski definition) is 0. The van der Waals surface area contributed by atoms with Gasteiger partial charge < -0.3 is 4.74 Å². The summed E-state index contributed by atoms with van der Waals surface area (Å²) in [4.78, 5) is 6.62. The summed E-state index contributed by atoms with van der Waals surface area (Å²) >= 11 is 0. The third kappa shape index (κ3) is 6.78. The topological polar surface area (TPSA) is 15.7 Å². The van der Waals surface area contributed by atoms with Crippen LogP contribution in [-0.4, -0.2) is 58.3 Å². The van der Waals surface area contributed by atoms with Gasteiger partial charge in [-0.3, -0.25) is 9.80 Å². The largest absolute Gasteiger partial charge is 0.373 e. The summed E-state index contributed by atoms with van der Waals surface area (Å²) in [5, 5.41) is 0. The van der Waals surface area contributed by atoms with Crippen LogP contribution in [0.2, 0.25) is 0 Å². The van der Waals surface area contributed by atoms with E-state index in [4.69, 9.17) is 4.74 Å². The quantitative estimate of drug-likeness (QED) is 0.274. The SMILES string of the molecule is C1CCC(C2CCC(C3CC4C5CCCCC5OC4C4C3C3CCCCC3N4C3CCC(N(C4CCCCC4)C4CCCCC4)CC3)CC2)CC1. The van der Waals surface area contributed by atoms with Gasteiger partial charge in [0.1, 0.15) is 0 Å². The molecule has 10 aliphatic rings. The Bertz CT molecular complexity index is 1090. The first kappa shape index (κ1) is 35.3. The van der Waals surface area contributed by atoms with E-state index in [1.165, 1.54) is 154 Å². The Balaban J connectivity index is 0.907. The molecule has 10 rings (SSSR count). The Morgan fingerprint density at radius 1 is 0.392 bits per heavy atom. The number of hydrogen-bond acceptors (Lipinski definition) is 3. The molecule has 0 amide bonds. The molecule has 0 aromatic rings. The van der Waals surface area contributed by atoms with Crippen molar-refractivity contribution in [2.45, 2.75) is 254 Å². The lowest BCUT2D eigenvalue weighted by molar-refractivity contribution is -0.0887. The van der Waals surface area contributed by atoms with Crippen LogP contribution in [-0.2, 0) is 4.74 Å². The van der Waals surface area contributed by atoms with E-state index in [-0.39, 0.29) is 0 Å². The van der Waals surface area contributed by atoms with E-state index in [0.29, 0.717) is 12.2 Å². The minimum absolute atomic E-state index is 0.572. The number of rotatable bonds is 6. The Hall–Kier alpha value is -0.120. The highest BCUT2D eigenvalue weighted by atomic mass is 16.5. The molecule has 9 unspecified atom stereocenters. The second kappa shape index (κ2) is 15.8. The molecular weight excluding hydrogens is 621 g/mol. The highest BCUT2D eigenvalue weighted by Crippen LogP contribution is 2.62. The van der Waals surface area contributed by atoms with Crippen LogP contribution < -0.4 is 0 Å². The van der Waals surface area contributed by atoms with Crippen LogP contribution in [0.3, 0.4) is 0 Å². The van der Waals surface area contributed by atoms with E-state index in [2.05, 4.69) is 9.80 Å². The first-order chi connectivity index (χ1) is 25.3. The maximum Gasteiger partial charge on any atom is 0.0769 e. The third-order valence-electron chi connectivity index (χ3n) is 19.1. The standard InChI is InChI=1S/C48H80N2O/c1-4-14-33(15-5-1)34-24-26-35(27-25-34)42-32-43-40-20-11-13-23-45(40)51-48(43)47-46(42)41-21-10-12-22-44(41)50(47)39-30-28-38(29-31-39)49(36-16-6-2-7-17-36)37-18-8-3-9-19-37/h33-48H,1-32H2. The predicted molar refractivity (Wildman–Crippen MR) is 211 cm³/mol. The van der Waals surface area contributed by atoms with Crippen LogP contribution >= 0.6 is 0 Å². The lowest BCUT2D eigenvalue weighted by atomic mass is 9.56. The van der Waals surface area contributed by atoms with Gasteiger partial charge in [0.05, 0.1) is 12.2 Å². The van der Waals surface area contributed by atoms with Gasteiger partial charge in [0.25, 0.3) is 0 Å². The van der Waals surface area contributed by atoms with E-state index < -0.39 is 0 Å². The van der Waals surface area contributed by atoms with E-state index >= 15 is 0 Å². The molecule has 0 aromatic heterocycles. The molecule has 3 heteroatoms. The summed E-state index contributed by atoms with van der Waals surface area (Å²) in [7, 11) is 0. The Labute approximate surface area is 314 Å². The highest BCUT2D eigenvalue weighted by Gasteiger charge is 2.64. The summed E-state index contributed by atoms with van der Waals surface area (Å²) in [6.07, 6.45) is 49.6. The van der Waals surface area contributed by atoms with Crippen molar-refractivity contribution >= 4 is 0 Å². The minimum Gasteiger partial charge on any atom is -0.373 e. The molecule has 0 radical (unpaired) electrons. The average molecular weight is 701 g/mol. The molecule has 10 fully saturated rings. The average Bonchev–Trinajstić information content (AvgIpc) is 3.76. The Morgan fingerprint density at radius 3 is 1.61 bits per heavy atom. The van der Waals surface area contributed by atoms with Crippen molar-refractivity contribution in [3.05, 3.63) is 0 Å². The fraction of sp³-hybridized carbons (Fsp3) is 1.00. The zero-order valence-electron chi connectivity index (χ0n) is 33.2. The molecule has 3 nitrogen and oxygen atoms in total. The summed E-state index contributed by atoms with van der Waals surface area (Å²) in [5.74, 6) is 7.90. The molecule has 0 aromatic carbocycles. The second-order valence-electron chi connectivity index (χ2n) is 21.2. The number of nitrogens with zero attached hydrogens (tertiary/aromatic N) is 2. The van der Waals surface area contributed by atoms with Gasteiger partial charge in [-0.25, -0.2) is 0 Å². The first-order valence-electron chi connectivity index (χ1n) is 24.5. The highest BCUT2D eigenvalue weighted by molar-refractivity contribution is 5.15. The van der Waals surface area contributed by atoms with Crippen molar-refractivity contribution in [1.29, 1.82) is 0 Å². The molecule has 8 saturated carbocycles. The van der Waals surface area contributed by atoms with Gasteiger partial charge >= 0.3 is 0 Å².